The first kappa shape index (κ1) is 24.0. The van der Waals surface area contributed by atoms with Gasteiger partial charge in [0.25, 0.3) is 0 Å². The summed E-state index contributed by atoms with van der Waals surface area (Å²) in [7, 11) is 0. The molecule has 2 N–H and O–H groups in total. The monoisotopic (exact) mass is 430 g/mol. The van der Waals surface area contributed by atoms with Crippen LogP contribution in [-0.2, 0) is 14.3 Å². The standard InChI is InChI=1S/C26H38O5/c1-6-21-11-12-22-19(8-7-13-25(21,22)5)9-10-20-14-26(29,15-23(27)18(20)4)30-16-24(28)31-17(2)3/h9-11,17,22-23,27,29H,4,6-8,12-16H2,1-3,5H3/t22-,23-,25+,26-/m0/s1. The third-order valence-electron chi connectivity index (χ3n) is 7.21. The Labute approximate surface area is 186 Å². The maximum atomic E-state index is 11.8. The van der Waals surface area contributed by atoms with Gasteiger partial charge in [-0.05, 0) is 68.4 Å². The summed E-state index contributed by atoms with van der Waals surface area (Å²) in [4.78, 5) is 11.8. The van der Waals surface area contributed by atoms with Gasteiger partial charge in [0.1, 0.15) is 6.61 Å². The van der Waals surface area contributed by atoms with Crippen LogP contribution < -0.4 is 0 Å². The van der Waals surface area contributed by atoms with E-state index in [9.17, 15) is 15.0 Å². The number of fused-ring (bicyclic) bond motifs is 1. The highest BCUT2D eigenvalue weighted by Gasteiger charge is 2.44. The van der Waals surface area contributed by atoms with Crippen molar-refractivity contribution in [2.24, 2.45) is 11.3 Å². The fourth-order valence-electron chi connectivity index (χ4n) is 5.55. The average Bonchev–Trinajstić information content (AvgIpc) is 3.04. The molecular weight excluding hydrogens is 392 g/mol. The SMILES string of the molecule is C=C1C(=CC=C2CCC[C@]3(C)C(CC)=CC[C@@H]23)C[C@](O)(OCC(=O)OC(C)C)C[C@@H]1O. The molecule has 2 saturated carbocycles. The van der Waals surface area contributed by atoms with Gasteiger partial charge in [-0.2, -0.15) is 0 Å². The average molecular weight is 431 g/mol. The quantitative estimate of drug-likeness (QED) is 0.361. The highest BCUT2D eigenvalue weighted by molar-refractivity contribution is 5.70. The molecule has 2 fully saturated rings. The number of hydrogen-bond donors (Lipinski definition) is 2. The molecule has 0 amide bonds. The number of rotatable bonds is 6. The Bertz CT molecular complexity index is 805. The normalized spacial score (nSPS) is 36.1. The molecule has 0 heterocycles. The number of ether oxygens (including phenoxy) is 2. The Balaban J connectivity index is 1.74. The maximum Gasteiger partial charge on any atom is 0.332 e. The predicted octanol–water partition coefficient (Wildman–Crippen LogP) is 4.75. The van der Waals surface area contributed by atoms with Gasteiger partial charge in [0, 0.05) is 12.8 Å². The maximum absolute atomic E-state index is 11.8. The number of carbonyl (C=O) groups excluding carboxylic acids is 1. The van der Waals surface area contributed by atoms with Crippen LogP contribution in [0.15, 0.2) is 47.1 Å². The van der Waals surface area contributed by atoms with Gasteiger partial charge < -0.3 is 19.7 Å². The Kier molecular flexibility index (Phi) is 7.29. The molecule has 31 heavy (non-hydrogen) atoms. The van der Waals surface area contributed by atoms with Crippen LogP contribution in [0.3, 0.4) is 0 Å². The van der Waals surface area contributed by atoms with Gasteiger partial charge in [0.2, 0.25) is 0 Å². The van der Waals surface area contributed by atoms with Crippen LogP contribution in [0.2, 0.25) is 0 Å². The molecule has 0 aromatic carbocycles. The molecule has 0 aliphatic heterocycles. The molecule has 0 bridgehead atoms. The number of aliphatic hydroxyl groups excluding tert-OH is 1. The van der Waals surface area contributed by atoms with E-state index in [1.54, 1.807) is 19.4 Å². The first-order chi connectivity index (χ1) is 14.6. The molecule has 172 valence electrons. The lowest BCUT2D eigenvalue weighted by atomic mass is 9.64. The van der Waals surface area contributed by atoms with E-state index in [4.69, 9.17) is 9.47 Å². The van der Waals surface area contributed by atoms with Crippen LogP contribution in [-0.4, -0.2) is 40.8 Å². The van der Waals surface area contributed by atoms with Crippen molar-refractivity contribution in [3.05, 3.63) is 47.1 Å². The zero-order chi connectivity index (χ0) is 22.8. The third kappa shape index (κ3) is 5.21. The van der Waals surface area contributed by atoms with Crippen LogP contribution in [0, 0.1) is 11.3 Å². The summed E-state index contributed by atoms with van der Waals surface area (Å²) in [5, 5.41) is 21.4. The summed E-state index contributed by atoms with van der Waals surface area (Å²) >= 11 is 0. The minimum atomic E-state index is -1.62. The summed E-state index contributed by atoms with van der Waals surface area (Å²) in [6.07, 6.45) is 11.2. The number of aliphatic hydroxyl groups is 2. The summed E-state index contributed by atoms with van der Waals surface area (Å²) in [6.45, 7) is 11.8. The fraction of sp³-hybridized carbons (Fsp3) is 0.654. The Hall–Kier alpha value is -1.69. The lowest BCUT2D eigenvalue weighted by Crippen LogP contribution is -2.43. The van der Waals surface area contributed by atoms with Gasteiger partial charge in [-0.1, -0.05) is 49.8 Å². The summed E-state index contributed by atoms with van der Waals surface area (Å²) in [6, 6.07) is 0. The molecule has 5 nitrogen and oxygen atoms in total. The molecule has 0 unspecified atom stereocenters. The molecule has 4 atom stereocenters. The lowest BCUT2D eigenvalue weighted by molar-refractivity contribution is -0.226. The van der Waals surface area contributed by atoms with E-state index in [1.165, 1.54) is 18.4 Å². The Morgan fingerprint density at radius 2 is 2.13 bits per heavy atom. The summed E-state index contributed by atoms with van der Waals surface area (Å²) in [5.41, 5.74) is 4.62. The van der Waals surface area contributed by atoms with E-state index >= 15 is 0 Å². The fourth-order valence-corrected chi connectivity index (χ4v) is 5.55. The zero-order valence-corrected chi connectivity index (χ0v) is 19.4. The first-order valence-corrected chi connectivity index (χ1v) is 11.6. The number of allylic oxidation sites excluding steroid dienone is 5. The van der Waals surface area contributed by atoms with Gasteiger partial charge in [-0.3, -0.25) is 0 Å². The summed E-state index contributed by atoms with van der Waals surface area (Å²) < 4.78 is 10.6. The largest absolute Gasteiger partial charge is 0.461 e. The van der Waals surface area contributed by atoms with Crippen molar-refractivity contribution in [2.45, 2.75) is 90.6 Å². The van der Waals surface area contributed by atoms with Crippen LogP contribution in [0.4, 0.5) is 0 Å². The molecule has 0 spiro atoms. The molecular formula is C26H38O5. The van der Waals surface area contributed by atoms with Crippen LogP contribution in [0.1, 0.15) is 72.6 Å². The molecule has 0 aromatic rings. The zero-order valence-electron chi connectivity index (χ0n) is 19.4. The van der Waals surface area contributed by atoms with E-state index in [0.29, 0.717) is 11.5 Å². The topological polar surface area (TPSA) is 76.0 Å². The minimum Gasteiger partial charge on any atom is -0.461 e. The van der Waals surface area contributed by atoms with E-state index in [-0.39, 0.29) is 31.0 Å². The highest BCUT2D eigenvalue weighted by atomic mass is 16.6. The minimum absolute atomic E-state index is 0.0147. The van der Waals surface area contributed by atoms with Gasteiger partial charge >= 0.3 is 5.97 Å². The van der Waals surface area contributed by atoms with Crippen molar-refractivity contribution >= 4 is 5.97 Å². The van der Waals surface area contributed by atoms with E-state index in [2.05, 4.69) is 32.6 Å². The van der Waals surface area contributed by atoms with Crippen LogP contribution >= 0.6 is 0 Å². The van der Waals surface area contributed by atoms with E-state index in [1.807, 2.05) is 6.08 Å². The number of esters is 1. The number of carbonyl (C=O) groups is 1. The molecule has 3 rings (SSSR count). The predicted molar refractivity (Wildman–Crippen MR) is 121 cm³/mol. The van der Waals surface area contributed by atoms with Crippen LogP contribution in [0.25, 0.3) is 0 Å². The molecule has 0 saturated heterocycles. The van der Waals surface area contributed by atoms with Gasteiger partial charge in [-0.15, -0.1) is 0 Å². The van der Waals surface area contributed by atoms with Crippen molar-refractivity contribution in [1.82, 2.24) is 0 Å². The second-order valence-electron chi connectivity index (χ2n) is 9.77. The van der Waals surface area contributed by atoms with Crippen molar-refractivity contribution in [3.8, 4) is 0 Å². The molecule has 0 aromatic heterocycles. The van der Waals surface area contributed by atoms with Crippen molar-refractivity contribution in [3.63, 3.8) is 0 Å². The Morgan fingerprint density at radius 3 is 2.81 bits per heavy atom. The van der Waals surface area contributed by atoms with Crippen LogP contribution in [0.5, 0.6) is 0 Å². The van der Waals surface area contributed by atoms with E-state index in [0.717, 1.165) is 24.8 Å². The van der Waals surface area contributed by atoms with Gasteiger partial charge in [-0.25, -0.2) is 4.79 Å². The highest BCUT2D eigenvalue weighted by Crippen LogP contribution is 2.55. The van der Waals surface area contributed by atoms with Crippen molar-refractivity contribution < 1.29 is 24.5 Å². The second-order valence-corrected chi connectivity index (χ2v) is 9.77. The van der Waals surface area contributed by atoms with E-state index < -0.39 is 17.9 Å². The van der Waals surface area contributed by atoms with Crippen molar-refractivity contribution in [2.75, 3.05) is 6.61 Å². The smallest absolute Gasteiger partial charge is 0.332 e. The number of hydrogen-bond acceptors (Lipinski definition) is 5. The first-order valence-electron chi connectivity index (χ1n) is 11.6. The third-order valence-corrected chi connectivity index (χ3v) is 7.21. The summed E-state index contributed by atoms with van der Waals surface area (Å²) in [5.74, 6) is -1.63. The van der Waals surface area contributed by atoms with Gasteiger partial charge in [0.05, 0.1) is 12.2 Å². The second kappa shape index (κ2) is 9.43. The Morgan fingerprint density at radius 1 is 1.39 bits per heavy atom. The molecule has 5 heteroatoms. The van der Waals surface area contributed by atoms with Gasteiger partial charge in [0.15, 0.2) is 5.79 Å². The van der Waals surface area contributed by atoms with Crippen molar-refractivity contribution in [1.29, 1.82) is 0 Å². The lowest BCUT2D eigenvalue weighted by Gasteiger charge is -2.41. The molecule has 0 radical (unpaired) electrons. The molecule has 3 aliphatic rings. The molecule has 3 aliphatic carbocycles.